The molecule has 0 bridgehead atoms. The lowest BCUT2D eigenvalue weighted by molar-refractivity contribution is -0.137. The van der Waals surface area contributed by atoms with Gasteiger partial charge in [0, 0.05) is 12.1 Å². The van der Waals surface area contributed by atoms with Crippen molar-refractivity contribution in [3.8, 4) is 11.5 Å². The Balaban J connectivity index is 3.02. The van der Waals surface area contributed by atoms with E-state index in [2.05, 4.69) is 31.1 Å². The molecule has 0 amide bonds. The monoisotopic (exact) mass is 319 g/mol. The quantitative estimate of drug-likeness (QED) is 0.670. The van der Waals surface area contributed by atoms with Crippen molar-refractivity contribution in [3.05, 3.63) is 41.7 Å². The molecule has 3 nitrogen and oxygen atoms in total. The van der Waals surface area contributed by atoms with Gasteiger partial charge in [-0.3, -0.25) is 9.69 Å². The molecule has 22 heavy (non-hydrogen) atoms. The number of nitrogens with zero attached hydrogens (tertiary/aromatic N) is 1. The molecule has 118 valence electrons. The fourth-order valence-electron chi connectivity index (χ4n) is 1.67. The molecule has 1 N–H and O–H groups in total. The lowest BCUT2D eigenvalue weighted by Crippen LogP contribution is -2.25. The van der Waals surface area contributed by atoms with Crippen LogP contribution in [0.15, 0.2) is 30.3 Å². The van der Waals surface area contributed by atoms with Gasteiger partial charge in [0.15, 0.2) is 0 Å². The number of rotatable bonds is 5. The van der Waals surface area contributed by atoms with Crippen molar-refractivity contribution in [2.24, 2.45) is 0 Å². The number of carbonyl (C=O) groups is 1. The number of likely N-dealkylation sites (N-methyl/N-ethyl adjacent to an activating group) is 1. The van der Waals surface area contributed by atoms with Crippen molar-refractivity contribution in [2.45, 2.75) is 19.6 Å². The Labute approximate surface area is 132 Å². The number of hydrogen-bond acceptors (Lipinski definition) is 2. The minimum atomic E-state index is -1.53. The summed E-state index contributed by atoms with van der Waals surface area (Å²) in [7, 11) is 0.205. The van der Waals surface area contributed by atoms with Crippen molar-refractivity contribution in [3.63, 3.8) is 0 Å². The zero-order chi connectivity index (χ0) is 16.8. The van der Waals surface area contributed by atoms with Crippen LogP contribution in [0.2, 0.25) is 19.6 Å². The minimum Gasteiger partial charge on any atom is -0.480 e. The maximum Gasteiger partial charge on any atom is 0.317 e. The van der Waals surface area contributed by atoms with E-state index in [1.165, 1.54) is 12.1 Å². The van der Waals surface area contributed by atoms with Crippen LogP contribution in [0.4, 0.5) is 4.39 Å². The predicted octanol–water partition coefficient (Wildman–Crippen LogP) is 3.11. The van der Waals surface area contributed by atoms with Gasteiger partial charge in [0.25, 0.3) is 0 Å². The molecule has 0 heterocycles. The van der Waals surface area contributed by atoms with Gasteiger partial charge in [-0.1, -0.05) is 43.8 Å². The van der Waals surface area contributed by atoms with Gasteiger partial charge in [-0.15, -0.1) is 5.54 Å². The number of halogens is 1. The van der Waals surface area contributed by atoms with E-state index in [0.717, 1.165) is 11.1 Å². The number of aliphatic carboxylic acids is 1. The van der Waals surface area contributed by atoms with Crippen LogP contribution in [0.25, 0.3) is 5.57 Å². The van der Waals surface area contributed by atoms with Gasteiger partial charge in [-0.25, -0.2) is 4.39 Å². The molecule has 1 rings (SSSR count). The van der Waals surface area contributed by atoms with Gasteiger partial charge in [0.1, 0.15) is 13.9 Å². The highest BCUT2D eigenvalue weighted by molar-refractivity contribution is 6.84. The standard InChI is InChI=1S/C17H22FNO2Si/c1-19(13-17(20)21)11-9-15(10-12-22(2,3)4)14-5-7-16(18)8-6-14/h5-9H,11,13H2,1-4H3,(H,20,21)/b15-9-. The number of carboxylic acid groups (broad SMARTS) is 1. The average molecular weight is 319 g/mol. The van der Waals surface area contributed by atoms with Crippen molar-refractivity contribution in [2.75, 3.05) is 20.1 Å². The van der Waals surface area contributed by atoms with Crippen LogP contribution in [0.5, 0.6) is 0 Å². The summed E-state index contributed by atoms with van der Waals surface area (Å²) >= 11 is 0. The molecule has 0 radical (unpaired) electrons. The molecule has 1 aromatic rings. The van der Waals surface area contributed by atoms with Gasteiger partial charge in [0.2, 0.25) is 0 Å². The second-order valence-corrected chi connectivity index (χ2v) is 11.0. The Bertz CT molecular complexity index is 606. The Morgan fingerprint density at radius 1 is 1.32 bits per heavy atom. The van der Waals surface area contributed by atoms with E-state index in [4.69, 9.17) is 5.11 Å². The van der Waals surface area contributed by atoms with Crippen LogP contribution in [0.3, 0.4) is 0 Å². The Morgan fingerprint density at radius 3 is 2.41 bits per heavy atom. The summed E-state index contributed by atoms with van der Waals surface area (Å²) in [6.45, 7) is 6.89. The van der Waals surface area contributed by atoms with E-state index < -0.39 is 14.0 Å². The zero-order valence-electron chi connectivity index (χ0n) is 13.5. The first kappa shape index (κ1) is 18.1. The number of hydrogen-bond donors (Lipinski definition) is 1. The Kier molecular flexibility index (Phi) is 6.53. The molecule has 0 fully saturated rings. The first-order valence-corrected chi connectivity index (χ1v) is 10.6. The molecule has 5 heteroatoms. The fraction of sp³-hybridized carbons (Fsp3) is 0.353. The number of carboxylic acids is 1. The highest BCUT2D eigenvalue weighted by Gasteiger charge is 2.09. The molecule has 0 aromatic heterocycles. The molecule has 0 spiro atoms. The molecular formula is C17H22FNO2Si. The average Bonchev–Trinajstić information content (AvgIpc) is 2.38. The van der Waals surface area contributed by atoms with E-state index in [1.807, 2.05) is 6.08 Å². The zero-order valence-corrected chi connectivity index (χ0v) is 14.5. The normalized spacial score (nSPS) is 12.0. The molecule has 0 saturated carbocycles. The van der Waals surface area contributed by atoms with Crippen molar-refractivity contribution >= 4 is 19.6 Å². The third-order valence-electron chi connectivity index (χ3n) is 2.74. The second-order valence-electron chi connectivity index (χ2n) is 6.22. The summed E-state index contributed by atoms with van der Waals surface area (Å²) < 4.78 is 13.1. The summed E-state index contributed by atoms with van der Waals surface area (Å²) in [5, 5.41) is 8.78. The minimum absolute atomic E-state index is 0.0331. The van der Waals surface area contributed by atoms with Crippen LogP contribution < -0.4 is 0 Å². The van der Waals surface area contributed by atoms with Crippen molar-refractivity contribution < 1.29 is 14.3 Å². The van der Waals surface area contributed by atoms with E-state index >= 15 is 0 Å². The van der Waals surface area contributed by atoms with Gasteiger partial charge < -0.3 is 5.11 Å². The molecule has 1 aromatic carbocycles. The van der Waals surface area contributed by atoms with E-state index in [9.17, 15) is 9.18 Å². The van der Waals surface area contributed by atoms with Gasteiger partial charge in [0.05, 0.1) is 6.54 Å². The third kappa shape index (κ3) is 7.20. The Hall–Kier alpha value is -1.90. The smallest absolute Gasteiger partial charge is 0.317 e. The van der Waals surface area contributed by atoms with Crippen LogP contribution in [0.1, 0.15) is 5.56 Å². The first-order chi connectivity index (χ1) is 10.2. The van der Waals surface area contributed by atoms with Gasteiger partial charge >= 0.3 is 5.97 Å². The van der Waals surface area contributed by atoms with Gasteiger partial charge in [-0.2, -0.15) is 0 Å². The maximum absolute atomic E-state index is 13.1. The van der Waals surface area contributed by atoms with Gasteiger partial charge in [-0.05, 0) is 24.7 Å². The predicted molar refractivity (Wildman–Crippen MR) is 90.6 cm³/mol. The molecule has 0 aliphatic heterocycles. The second kappa shape index (κ2) is 7.92. The fourth-order valence-corrected chi connectivity index (χ4v) is 2.18. The molecule has 0 saturated heterocycles. The highest BCUT2D eigenvalue weighted by atomic mass is 28.3. The largest absolute Gasteiger partial charge is 0.480 e. The molecule has 0 unspecified atom stereocenters. The summed E-state index contributed by atoms with van der Waals surface area (Å²) in [6.07, 6.45) is 1.89. The van der Waals surface area contributed by atoms with E-state index in [-0.39, 0.29) is 12.4 Å². The number of allylic oxidation sites excluding steroid dienone is 1. The van der Waals surface area contributed by atoms with Crippen LogP contribution >= 0.6 is 0 Å². The number of benzene rings is 1. The van der Waals surface area contributed by atoms with Crippen molar-refractivity contribution in [1.82, 2.24) is 4.90 Å². The maximum atomic E-state index is 13.1. The summed E-state index contributed by atoms with van der Waals surface area (Å²) in [5.74, 6) is 2.02. The van der Waals surface area contributed by atoms with Crippen LogP contribution in [0, 0.1) is 17.3 Å². The van der Waals surface area contributed by atoms with E-state index in [1.54, 1.807) is 24.1 Å². The summed E-state index contributed by atoms with van der Waals surface area (Å²) in [6, 6.07) is 6.19. The van der Waals surface area contributed by atoms with Crippen LogP contribution in [-0.4, -0.2) is 44.2 Å². The SMILES string of the molecule is CN(C/C=C(/C#C[Si](C)(C)C)c1ccc(F)cc1)CC(=O)O. The molecule has 0 atom stereocenters. The van der Waals surface area contributed by atoms with E-state index in [0.29, 0.717) is 6.54 Å². The lowest BCUT2D eigenvalue weighted by Gasteiger charge is -2.12. The molecule has 0 aliphatic carbocycles. The topological polar surface area (TPSA) is 40.5 Å². The first-order valence-electron chi connectivity index (χ1n) is 7.07. The Morgan fingerprint density at radius 2 is 1.91 bits per heavy atom. The van der Waals surface area contributed by atoms with Crippen LogP contribution in [-0.2, 0) is 4.79 Å². The summed E-state index contributed by atoms with van der Waals surface area (Å²) in [4.78, 5) is 12.4. The highest BCUT2D eigenvalue weighted by Crippen LogP contribution is 2.15. The third-order valence-corrected chi connectivity index (χ3v) is 3.61. The lowest BCUT2D eigenvalue weighted by atomic mass is 10.1. The molecular weight excluding hydrogens is 297 g/mol. The van der Waals surface area contributed by atoms with Crippen molar-refractivity contribution in [1.29, 1.82) is 0 Å². The summed E-state index contributed by atoms with van der Waals surface area (Å²) in [5.41, 5.74) is 4.94. The molecule has 0 aliphatic rings.